The fourth-order valence-electron chi connectivity index (χ4n) is 2.08. The quantitative estimate of drug-likeness (QED) is 0.542. The zero-order valence-electron chi connectivity index (χ0n) is 12.9. The highest BCUT2D eigenvalue weighted by Gasteiger charge is 2.04. The van der Waals surface area contributed by atoms with Gasteiger partial charge in [0.15, 0.2) is 0 Å². The Labute approximate surface area is 139 Å². The second kappa shape index (κ2) is 6.62. The molecule has 0 atom stereocenters. The summed E-state index contributed by atoms with van der Waals surface area (Å²) in [6.45, 7) is 3.98. The summed E-state index contributed by atoms with van der Waals surface area (Å²) in [5.74, 6) is 0.247. The highest BCUT2D eigenvalue weighted by molar-refractivity contribution is 7.14. The summed E-state index contributed by atoms with van der Waals surface area (Å²) in [6, 6.07) is 15.2. The van der Waals surface area contributed by atoms with Crippen LogP contribution < -0.4 is 5.43 Å². The van der Waals surface area contributed by atoms with Crippen LogP contribution in [0.25, 0.3) is 11.3 Å². The average Bonchev–Trinajstić information content (AvgIpc) is 3.03. The molecule has 3 rings (SSSR count). The van der Waals surface area contributed by atoms with Gasteiger partial charge in [0, 0.05) is 10.9 Å². The van der Waals surface area contributed by atoms with Gasteiger partial charge in [-0.3, -0.25) is 5.43 Å². The Kier molecular flexibility index (Phi) is 4.39. The lowest BCUT2D eigenvalue weighted by molar-refractivity contribution is 0.475. The Balaban J connectivity index is 1.72. The van der Waals surface area contributed by atoms with Crippen molar-refractivity contribution in [2.45, 2.75) is 13.8 Å². The summed E-state index contributed by atoms with van der Waals surface area (Å²) in [5, 5.41) is 16.4. The minimum absolute atomic E-state index is 0.247. The van der Waals surface area contributed by atoms with Crippen LogP contribution >= 0.6 is 11.3 Å². The van der Waals surface area contributed by atoms with Crippen molar-refractivity contribution in [3.63, 3.8) is 0 Å². The fraction of sp³-hybridized carbons (Fsp3) is 0.111. The number of nitrogens with one attached hydrogen (secondary N) is 1. The second-order valence-corrected chi connectivity index (χ2v) is 6.12. The monoisotopic (exact) mass is 323 g/mol. The number of nitrogens with zero attached hydrogens (tertiary/aromatic N) is 2. The lowest BCUT2D eigenvalue weighted by Crippen LogP contribution is -1.99. The van der Waals surface area contributed by atoms with Crippen molar-refractivity contribution < 1.29 is 5.11 Å². The first-order valence-corrected chi connectivity index (χ1v) is 8.12. The summed E-state index contributed by atoms with van der Waals surface area (Å²) < 4.78 is 0. The van der Waals surface area contributed by atoms with E-state index in [0.717, 1.165) is 27.7 Å². The average molecular weight is 323 g/mol. The van der Waals surface area contributed by atoms with Crippen LogP contribution in [0.4, 0.5) is 5.13 Å². The zero-order chi connectivity index (χ0) is 16.2. The van der Waals surface area contributed by atoms with Crippen LogP contribution in [0.2, 0.25) is 0 Å². The molecule has 0 aliphatic heterocycles. The SMILES string of the molecule is CC(=NNc1nc(-c2ccc(C)cc2)cs1)c1ccc(O)cc1. The maximum atomic E-state index is 9.31. The molecule has 0 fully saturated rings. The third kappa shape index (κ3) is 3.76. The molecular weight excluding hydrogens is 306 g/mol. The summed E-state index contributed by atoms with van der Waals surface area (Å²) in [6.07, 6.45) is 0. The van der Waals surface area contributed by atoms with E-state index in [1.807, 2.05) is 24.4 Å². The largest absolute Gasteiger partial charge is 0.508 e. The number of rotatable bonds is 4. The molecular formula is C18H17N3OS. The van der Waals surface area contributed by atoms with Gasteiger partial charge in [0.25, 0.3) is 0 Å². The van der Waals surface area contributed by atoms with Gasteiger partial charge in [0.2, 0.25) is 5.13 Å². The van der Waals surface area contributed by atoms with Crippen molar-refractivity contribution in [2.24, 2.45) is 5.10 Å². The number of aryl methyl sites for hydroxylation is 1. The topological polar surface area (TPSA) is 57.5 Å². The van der Waals surface area contributed by atoms with E-state index in [0.29, 0.717) is 0 Å². The summed E-state index contributed by atoms with van der Waals surface area (Å²) in [5.41, 5.74) is 8.04. The minimum Gasteiger partial charge on any atom is -0.508 e. The van der Waals surface area contributed by atoms with Gasteiger partial charge in [-0.05, 0) is 43.7 Å². The molecule has 0 radical (unpaired) electrons. The van der Waals surface area contributed by atoms with Crippen LogP contribution in [0, 0.1) is 6.92 Å². The molecule has 5 heteroatoms. The molecule has 0 bridgehead atoms. The maximum Gasteiger partial charge on any atom is 0.203 e. The van der Waals surface area contributed by atoms with Crippen LogP contribution in [0.1, 0.15) is 18.1 Å². The number of benzene rings is 2. The third-order valence-corrected chi connectivity index (χ3v) is 4.20. The second-order valence-electron chi connectivity index (χ2n) is 5.26. The zero-order valence-corrected chi connectivity index (χ0v) is 13.8. The Hall–Kier alpha value is -2.66. The van der Waals surface area contributed by atoms with Gasteiger partial charge in [-0.15, -0.1) is 11.3 Å². The highest BCUT2D eigenvalue weighted by Crippen LogP contribution is 2.25. The predicted molar refractivity (Wildman–Crippen MR) is 96.2 cm³/mol. The molecule has 0 unspecified atom stereocenters. The van der Waals surface area contributed by atoms with E-state index in [-0.39, 0.29) is 5.75 Å². The fourth-order valence-corrected chi connectivity index (χ4v) is 2.74. The molecule has 23 heavy (non-hydrogen) atoms. The molecule has 3 aromatic rings. The molecule has 0 spiro atoms. The molecule has 116 valence electrons. The number of aromatic hydroxyl groups is 1. The molecule has 0 aliphatic carbocycles. The molecule has 1 heterocycles. The third-order valence-electron chi connectivity index (χ3n) is 3.46. The van der Waals surface area contributed by atoms with Gasteiger partial charge in [0.1, 0.15) is 5.75 Å². The van der Waals surface area contributed by atoms with Gasteiger partial charge >= 0.3 is 0 Å². The minimum atomic E-state index is 0.247. The van der Waals surface area contributed by atoms with E-state index in [1.165, 1.54) is 16.9 Å². The van der Waals surface area contributed by atoms with E-state index >= 15 is 0 Å². The molecule has 2 N–H and O–H groups in total. The van der Waals surface area contributed by atoms with E-state index in [1.54, 1.807) is 12.1 Å². The normalized spacial score (nSPS) is 11.5. The molecule has 1 aromatic heterocycles. The van der Waals surface area contributed by atoms with Gasteiger partial charge in [-0.1, -0.05) is 29.8 Å². The van der Waals surface area contributed by atoms with E-state index in [9.17, 15) is 5.11 Å². The highest BCUT2D eigenvalue weighted by atomic mass is 32.1. The van der Waals surface area contributed by atoms with Crippen molar-refractivity contribution in [3.8, 4) is 17.0 Å². The maximum absolute atomic E-state index is 9.31. The number of phenolic OH excluding ortho intramolecular Hbond substituents is 1. The number of phenols is 1. The van der Waals surface area contributed by atoms with Crippen LogP contribution in [0.15, 0.2) is 59.0 Å². The lowest BCUT2D eigenvalue weighted by atomic mass is 10.1. The number of thiazole rings is 1. The molecule has 0 amide bonds. The van der Waals surface area contributed by atoms with Gasteiger partial charge in [0.05, 0.1) is 11.4 Å². The van der Waals surface area contributed by atoms with Crippen LogP contribution in [0.5, 0.6) is 5.75 Å². The van der Waals surface area contributed by atoms with Gasteiger partial charge in [-0.25, -0.2) is 4.98 Å². The summed E-state index contributed by atoms with van der Waals surface area (Å²) in [7, 11) is 0. The van der Waals surface area contributed by atoms with Crippen molar-refractivity contribution in [1.82, 2.24) is 4.98 Å². The van der Waals surface area contributed by atoms with E-state index in [2.05, 4.69) is 46.7 Å². The Morgan fingerprint density at radius 2 is 1.78 bits per heavy atom. The lowest BCUT2D eigenvalue weighted by Gasteiger charge is -2.01. The molecule has 0 saturated heterocycles. The molecule has 4 nitrogen and oxygen atoms in total. The van der Waals surface area contributed by atoms with Crippen molar-refractivity contribution >= 4 is 22.2 Å². The number of aromatic nitrogens is 1. The summed E-state index contributed by atoms with van der Waals surface area (Å²) >= 11 is 1.52. The first-order chi connectivity index (χ1) is 11.1. The van der Waals surface area contributed by atoms with Crippen LogP contribution in [0.3, 0.4) is 0 Å². The Bertz CT molecular complexity index is 820. The summed E-state index contributed by atoms with van der Waals surface area (Å²) in [4.78, 5) is 4.55. The Morgan fingerprint density at radius 1 is 1.09 bits per heavy atom. The molecule has 2 aromatic carbocycles. The molecule has 0 saturated carbocycles. The predicted octanol–water partition coefficient (Wildman–Crippen LogP) is 4.66. The van der Waals surface area contributed by atoms with Crippen LogP contribution in [-0.2, 0) is 0 Å². The Morgan fingerprint density at radius 3 is 2.48 bits per heavy atom. The van der Waals surface area contributed by atoms with Gasteiger partial charge < -0.3 is 5.11 Å². The molecule has 0 aliphatic rings. The van der Waals surface area contributed by atoms with Crippen LogP contribution in [-0.4, -0.2) is 15.8 Å². The van der Waals surface area contributed by atoms with Crippen molar-refractivity contribution in [3.05, 3.63) is 65.0 Å². The number of hydrazone groups is 1. The van der Waals surface area contributed by atoms with E-state index < -0.39 is 0 Å². The van der Waals surface area contributed by atoms with Crippen molar-refractivity contribution in [2.75, 3.05) is 5.43 Å². The number of hydrogen-bond donors (Lipinski definition) is 2. The first kappa shape index (κ1) is 15.2. The standard InChI is InChI=1S/C18H17N3OS/c1-12-3-5-15(6-4-12)17-11-23-18(19-17)21-20-13(2)14-7-9-16(22)10-8-14/h3-11,22H,1-2H3,(H,19,21). The number of anilines is 1. The van der Waals surface area contributed by atoms with Crippen molar-refractivity contribution in [1.29, 1.82) is 0 Å². The van der Waals surface area contributed by atoms with E-state index in [4.69, 9.17) is 0 Å². The number of hydrogen-bond acceptors (Lipinski definition) is 5. The first-order valence-electron chi connectivity index (χ1n) is 7.24. The smallest absolute Gasteiger partial charge is 0.203 e. The van der Waals surface area contributed by atoms with Gasteiger partial charge in [-0.2, -0.15) is 5.10 Å².